The second kappa shape index (κ2) is 10.5. The minimum absolute atomic E-state index is 1.11. The van der Waals surface area contributed by atoms with E-state index in [2.05, 4.69) is 178 Å². The summed E-state index contributed by atoms with van der Waals surface area (Å²) in [6.45, 7) is 0. The third kappa shape index (κ3) is 4.11. The van der Waals surface area contributed by atoms with Crippen LogP contribution in [0, 0.1) is 0 Å². The molecular weight excluding hydrogens is 583 g/mol. The molecule has 0 atom stereocenters. The monoisotopic (exact) mass is 611 g/mol. The molecule has 0 spiro atoms. The molecular formula is C45H29N3. The predicted molar refractivity (Wildman–Crippen MR) is 201 cm³/mol. The lowest BCUT2D eigenvalue weighted by molar-refractivity contribution is 1.17. The first-order chi connectivity index (χ1) is 23.8. The third-order valence-electron chi connectivity index (χ3n) is 9.78. The molecule has 0 fully saturated rings. The van der Waals surface area contributed by atoms with Crippen LogP contribution in [0.4, 0.5) is 0 Å². The molecule has 3 nitrogen and oxygen atoms in total. The largest absolute Gasteiger partial charge is 0.309 e. The van der Waals surface area contributed by atoms with Crippen LogP contribution >= 0.6 is 0 Å². The third-order valence-corrected chi connectivity index (χ3v) is 9.78. The highest BCUT2D eigenvalue weighted by Crippen LogP contribution is 2.38. The predicted octanol–water partition coefficient (Wildman–Crippen LogP) is 11.8. The molecule has 0 saturated heterocycles. The van der Waals surface area contributed by atoms with Gasteiger partial charge in [-0.25, -0.2) is 0 Å². The maximum absolute atomic E-state index is 4.48. The van der Waals surface area contributed by atoms with Crippen molar-refractivity contribution in [1.82, 2.24) is 14.1 Å². The first-order valence-corrected chi connectivity index (χ1v) is 16.4. The molecule has 3 heteroatoms. The Balaban J connectivity index is 1.13. The minimum atomic E-state index is 1.11. The number of aromatic nitrogens is 3. The lowest BCUT2D eigenvalue weighted by atomic mass is 10.0. The first kappa shape index (κ1) is 26.7. The van der Waals surface area contributed by atoms with Crippen molar-refractivity contribution in [3.8, 4) is 33.6 Å². The molecule has 0 aliphatic heterocycles. The Morgan fingerprint density at radius 1 is 0.333 bits per heavy atom. The van der Waals surface area contributed by atoms with Crippen LogP contribution in [-0.2, 0) is 0 Å². The van der Waals surface area contributed by atoms with Gasteiger partial charge in [-0.3, -0.25) is 4.98 Å². The van der Waals surface area contributed by atoms with Crippen molar-refractivity contribution < 1.29 is 0 Å². The van der Waals surface area contributed by atoms with Crippen molar-refractivity contribution in [1.29, 1.82) is 0 Å². The van der Waals surface area contributed by atoms with Crippen molar-refractivity contribution in [2.75, 3.05) is 0 Å². The van der Waals surface area contributed by atoms with Crippen LogP contribution in [0.25, 0.3) is 88.0 Å². The quantitative estimate of drug-likeness (QED) is 0.194. The van der Waals surface area contributed by atoms with Crippen LogP contribution in [0.1, 0.15) is 0 Å². The zero-order valence-corrected chi connectivity index (χ0v) is 26.1. The number of pyridine rings is 1. The van der Waals surface area contributed by atoms with Crippen molar-refractivity contribution in [2.45, 2.75) is 0 Å². The van der Waals surface area contributed by atoms with Gasteiger partial charge in [0.25, 0.3) is 0 Å². The molecule has 0 radical (unpaired) electrons. The second-order valence-electron chi connectivity index (χ2n) is 12.5. The summed E-state index contributed by atoms with van der Waals surface area (Å²) >= 11 is 0. The normalized spacial score (nSPS) is 11.8. The van der Waals surface area contributed by atoms with Gasteiger partial charge < -0.3 is 9.13 Å². The summed E-state index contributed by atoms with van der Waals surface area (Å²) in [6, 6.07) is 59.4. The highest BCUT2D eigenvalue weighted by atomic mass is 15.0. The highest BCUT2D eigenvalue weighted by molar-refractivity contribution is 6.12. The topological polar surface area (TPSA) is 22.8 Å². The summed E-state index contributed by atoms with van der Waals surface area (Å²) < 4.78 is 4.72. The van der Waals surface area contributed by atoms with Gasteiger partial charge in [0.15, 0.2) is 0 Å². The fraction of sp³-hybridized carbons (Fsp3) is 0. The van der Waals surface area contributed by atoms with Crippen molar-refractivity contribution in [3.05, 3.63) is 176 Å². The number of benzene rings is 7. The highest BCUT2D eigenvalue weighted by Gasteiger charge is 2.16. The molecule has 0 bridgehead atoms. The number of hydrogen-bond donors (Lipinski definition) is 0. The smallest absolute Gasteiger partial charge is 0.0724 e. The van der Waals surface area contributed by atoms with E-state index < -0.39 is 0 Å². The Kier molecular flexibility index (Phi) is 5.87. The molecule has 7 aromatic carbocycles. The molecule has 0 saturated carbocycles. The number of fused-ring (bicyclic) bond motifs is 7. The number of rotatable bonds is 4. The summed E-state index contributed by atoms with van der Waals surface area (Å²) in [7, 11) is 0. The van der Waals surface area contributed by atoms with Gasteiger partial charge in [-0.15, -0.1) is 0 Å². The zero-order chi connectivity index (χ0) is 31.6. The van der Waals surface area contributed by atoms with Crippen LogP contribution in [0.2, 0.25) is 0 Å². The van der Waals surface area contributed by atoms with E-state index in [0.717, 1.165) is 16.9 Å². The van der Waals surface area contributed by atoms with E-state index in [1.165, 1.54) is 71.1 Å². The molecule has 10 rings (SSSR count). The lowest BCUT2D eigenvalue weighted by Gasteiger charge is -2.11. The van der Waals surface area contributed by atoms with E-state index in [0.29, 0.717) is 0 Å². The molecule has 0 aliphatic rings. The number of nitrogens with zero attached hydrogens (tertiary/aromatic N) is 3. The van der Waals surface area contributed by atoms with Crippen LogP contribution in [0.15, 0.2) is 176 Å². The summed E-state index contributed by atoms with van der Waals surface area (Å²) in [5.41, 5.74) is 11.8. The molecule has 0 unspecified atom stereocenters. The molecule has 3 heterocycles. The van der Waals surface area contributed by atoms with Gasteiger partial charge in [-0.2, -0.15) is 0 Å². The average Bonchev–Trinajstić information content (AvgIpc) is 3.67. The van der Waals surface area contributed by atoms with E-state index in [-0.39, 0.29) is 0 Å². The van der Waals surface area contributed by atoms with Gasteiger partial charge >= 0.3 is 0 Å². The van der Waals surface area contributed by atoms with Crippen LogP contribution in [0.3, 0.4) is 0 Å². The standard InChI is InChI=1S/C45H29N3/c1-2-12-36(13-3-1)47-43-21-19-35(28-41(43)39-23-24-46-29-45(39)47)34-20-22-44-40(27-34)38-15-6-7-16-42(38)48(44)37-14-8-11-32(26-37)33-18-17-30-9-4-5-10-31(30)25-33/h1-29H. The Labute approximate surface area is 277 Å². The Morgan fingerprint density at radius 2 is 0.917 bits per heavy atom. The first-order valence-electron chi connectivity index (χ1n) is 16.4. The van der Waals surface area contributed by atoms with E-state index >= 15 is 0 Å². The number of hydrogen-bond acceptors (Lipinski definition) is 1. The molecule has 224 valence electrons. The number of para-hydroxylation sites is 2. The summed E-state index contributed by atoms with van der Waals surface area (Å²) in [4.78, 5) is 4.48. The zero-order valence-electron chi connectivity index (χ0n) is 26.1. The van der Waals surface area contributed by atoms with Gasteiger partial charge in [0, 0.05) is 39.1 Å². The van der Waals surface area contributed by atoms with Gasteiger partial charge in [-0.05, 0) is 99.8 Å². The van der Waals surface area contributed by atoms with E-state index in [4.69, 9.17) is 0 Å². The van der Waals surface area contributed by atoms with Crippen molar-refractivity contribution in [2.24, 2.45) is 0 Å². The van der Waals surface area contributed by atoms with E-state index in [1.54, 1.807) is 0 Å². The van der Waals surface area contributed by atoms with Crippen LogP contribution in [0.5, 0.6) is 0 Å². The van der Waals surface area contributed by atoms with Gasteiger partial charge in [0.05, 0.1) is 28.3 Å². The maximum atomic E-state index is 4.48. The Hall–Kier alpha value is -6.45. The SMILES string of the molecule is c1ccc(-n2c3ccc(-c4ccc5c(c4)c4ccccc4n5-c4cccc(-c5ccc6ccccc6c5)c4)cc3c3ccncc32)cc1. The average molecular weight is 612 g/mol. The fourth-order valence-corrected chi connectivity index (χ4v) is 7.53. The van der Waals surface area contributed by atoms with Crippen molar-refractivity contribution in [3.63, 3.8) is 0 Å². The fourth-order valence-electron chi connectivity index (χ4n) is 7.53. The van der Waals surface area contributed by atoms with Gasteiger partial charge in [-0.1, -0.05) is 97.1 Å². The van der Waals surface area contributed by atoms with E-state index in [9.17, 15) is 0 Å². The van der Waals surface area contributed by atoms with E-state index in [1.807, 2.05) is 12.4 Å². The van der Waals surface area contributed by atoms with Crippen LogP contribution < -0.4 is 0 Å². The Morgan fingerprint density at radius 3 is 1.73 bits per heavy atom. The molecule has 48 heavy (non-hydrogen) atoms. The minimum Gasteiger partial charge on any atom is -0.309 e. The van der Waals surface area contributed by atoms with Crippen molar-refractivity contribution >= 4 is 54.4 Å². The van der Waals surface area contributed by atoms with Gasteiger partial charge in [0.1, 0.15) is 0 Å². The molecule has 0 N–H and O–H groups in total. The van der Waals surface area contributed by atoms with Crippen LogP contribution in [-0.4, -0.2) is 14.1 Å². The summed E-state index contributed by atoms with van der Waals surface area (Å²) in [5, 5.41) is 7.43. The molecule has 0 amide bonds. The molecule has 10 aromatic rings. The summed E-state index contributed by atoms with van der Waals surface area (Å²) in [6.07, 6.45) is 3.86. The molecule has 3 aromatic heterocycles. The maximum Gasteiger partial charge on any atom is 0.0724 e. The molecule has 0 aliphatic carbocycles. The summed E-state index contributed by atoms with van der Waals surface area (Å²) in [5.74, 6) is 0. The van der Waals surface area contributed by atoms with Gasteiger partial charge in [0.2, 0.25) is 0 Å². The lowest BCUT2D eigenvalue weighted by Crippen LogP contribution is -1.94. The Bertz CT molecular complexity index is 2840. The second-order valence-corrected chi connectivity index (χ2v) is 12.5.